The third kappa shape index (κ3) is 4.72. The van der Waals surface area contributed by atoms with Crippen molar-refractivity contribution < 1.29 is 4.79 Å². The van der Waals surface area contributed by atoms with Gasteiger partial charge in [0.25, 0.3) is 5.91 Å². The van der Waals surface area contributed by atoms with Gasteiger partial charge in [-0.15, -0.1) is 11.6 Å². The zero-order valence-electron chi connectivity index (χ0n) is 16.8. The zero-order chi connectivity index (χ0) is 21.1. The van der Waals surface area contributed by atoms with Crippen LogP contribution in [0.15, 0.2) is 54.6 Å². The van der Waals surface area contributed by atoms with Gasteiger partial charge >= 0.3 is 0 Å². The first-order chi connectivity index (χ1) is 14.5. The van der Waals surface area contributed by atoms with Gasteiger partial charge in [0, 0.05) is 5.69 Å². The fraction of sp³-hybridized carbons (Fsp3) is 0.292. The van der Waals surface area contributed by atoms with Crippen LogP contribution in [0.2, 0.25) is 0 Å². The van der Waals surface area contributed by atoms with E-state index in [9.17, 15) is 4.79 Å². The lowest BCUT2D eigenvalue weighted by molar-refractivity contribution is 0.101. The highest BCUT2D eigenvalue weighted by molar-refractivity contribution is 6.20. The van der Waals surface area contributed by atoms with Crippen molar-refractivity contribution in [2.45, 2.75) is 38.0 Å². The molecule has 1 aliphatic carbocycles. The van der Waals surface area contributed by atoms with E-state index in [2.05, 4.69) is 15.3 Å². The standard InChI is InChI=1S/C24H23ClN4O/c1-16-13-23(29(28-16)21-8-4-6-19(15-21)26-2)24(30)27-20-7-3-5-18(14-20)22(25)12-11-17-9-10-17/h3-8,13-15,17,22H,9-12H2,1H3,(H,27,30). The maximum absolute atomic E-state index is 13.0. The topological polar surface area (TPSA) is 51.3 Å². The molecule has 1 fully saturated rings. The zero-order valence-corrected chi connectivity index (χ0v) is 17.6. The summed E-state index contributed by atoms with van der Waals surface area (Å²) < 4.78 is 1.57. The molecule has 2 aromatic carbocycles. The molecule has 1 aliphatic rings. The average Bonchev–Trinajstić information content (AvgIpc) is 3.51. The van der Waals surface area contributed by atoms with Crippen LogP contribution in [0.25, 0.3) is 10.5 Å². The molecule has 6 heteroatoms. The Morgan fingerprint density at radius 2 is 2.07 bits per heavy atom. The maximum atomic E-state index is 13.0. The molecule has 0 spiro atoms. The van der Waals surface area contributed by atoms with E-state index >= 15 is 0 Å². The number of halogens is 1. The molecule has 1 amide bonds. The number of carbonyl (C=O) groups excluding carboxylic acids is 1. The van der Waals surface area contributed by atoms with Crippen LogP contribution in [-0.4, -0.2) is 15.7 Å². The number of hydrogen-bond acceptors (Lipinski definition) is 2. The summed E-state index contributed by atoms with van der Waals surface area (Å²) in [6.45, 7) is 9.05. The molecule has 0 bridgehead atoms. The second kappa shape index (κ2) is 8.73. The SMILES string of the molecule is [C-]#[N+]c1cccc(-n2nc(C)cc2C(=O)Nc2cccc(C(Cl)CCC3CC3)c2)c1. The van der Waals surface area contributed by atoms with Crippen LogP contribution in [0.3, 0.4) is 0 Å². The van der Waals surface area contributed by atoms with Crippen LogP contribution in [0.1, 0.15) is 52.8 Å². The van der Waals surface area contributed by atoms with E-state index in [0.717, 1.165) is 30.0 Å². The van der Waals surface area contributed by atoms with Crippen molar-refractivity contribution >= 4 is 28.9 Å². The van der Waals surface area contributed by atoms with Gasteiger partial charge in [-0.25, -0.2) is 9.53 Å². The first-order valence-corrected chi connectivity index (χ1v) is 10.6. The molecule has 5 nitrogen and oxygen atoms in total. The number of hydrogen-bond donors (Lipinski definition) is 1. The lowest BCUT2D eigenvalue weighted by Gasteiger charge is -2.12. The highest BCUT2D eigenvalue weighted by Crippen LogP contribution is 2.38. The normalized spacial score (nSPS) is 14.2. The molecule has 3 aromatic rings. The van der Waals surface area contributed by atoms with Crippen LogP contribution < -0.4 is 5.32 Å². The molecule has 0 radical (unpaired) electrons. The molecule has 1 aromatic heterocycles. The number of aryl methyl sites for hydroxylation is 1. The summed E-state index contributed by atoms with van der Waals surface area (Å²) in [4.78, 5) is 16.5. The molecule has 0 aliphatic heterocycles. The quantitative estimate of drug-likeness (QED) is 0.354. The lowest BCUT2D eigenvalue weighted by atomic mass is 10.1. The fourth-order valence-corrected chi connectivity index (χ4v) is 3.78. The fourth-order valence-electron chi connectivity index (χ4n) is 3.51. The van der Waals surface area contributed by atoms with Gasteiger partial charge in [0.1, 0.15) is 5.69 Å². The van der Waals surface area contributed by atoms with Crippen molar-refractivity contribution in [3.8, 4) is 5.69 Å². The smallest absolute Gasteiger partial charge is 0.274 e. The number of benzene rings is 2. The van der Waals surface area contributed by atoms with Crippen molar-refractivity contribution in [1.82, 2.24) is 9.78 Å². The first-order valence-electron chi connectivity index (χ1n) is 10.1. The van der Waals surface area contributed by atoms with Gasteiger partial charge < -0.3 is 5.32 Å². The summed E-state index contributed by atoms with van der Waals surface area (Å²) in [5, 5.41) is 7.36. The van der Waals surface area contributed by atoms with E-state index < -0.39 is 0 Å². The lowest BCUT2D eigenvalue weighted by Crippen LogP contribution is -2.17. The number of nitrogens with one attached hydrogen (secondary N) is 1. The minimum atomic E-state index is -0.259. The number of anilines is 1. The van der Waals surface area contributed by atoms with Crippen LogP contribution in [0.4, 0.5) is 11.4 Å². The molecule has 152 valence electrons. The van der Waals surface area contributed by atoms with E-state index in [-0.39, 0.29) is 11.3 Å². The van der Waals surface area contributed by atoms with Gasteiger partial charge in [-0.2, -0.15) is 5.10 Å². The van der Waals surface area contributed by atoms with Crippen LogP contribution in [-0.2, 0) is 0 Å². The third-order valence-electron chi connectivity index (χ3n) is 5.30. The molecular weight excluding hydrogens is 396 g/mol. The van der Waals surface area contributed by atoms with Gasteiger partial charge in [-0.1, -0.05) is 37.1 Å². The molecule has 0 saturated heterocycles. The Morgan fingerprint density at radius 1 is 1.27 bits per heavy atom. The van der Waals surface area contributed by atoms with Crippen molar-refractivity contribution in [2.24, 2.45) is 5.92 Å². The van der Waals surface area contributed by atoms with Crippen molar-refractivity contribution in [3.63, 3.8) is 0 Å². The van der Waals surface area contributed by atoms with E-state index in [4.69, 9.17) is 18.2 Å². The molecule has 4 rings (SSSR count). The maximum Gasteiger partial charge on any atom is 0.274 e. The largest absolute Gasteiger partial charge is 0.321 e. The molecule has 1 saturated carbocycles. The second-order valence-electron chi connectivity index (χ2n) is 7.78. The highest BCUT2D eigenvalue weighted by atomic mass is 35.5. The van der Waals surface area contributed by atoms with E-state index in [0.29, 0.717) is 22.8 Å². The Balaban J connectivity index is 1.53. The number of rotatable bonds is 7. The summed E-state index contributed by atoms with van der Waals surface area (Å²) in [5.41, 5.74) is 4.04. The highest BCUT2D eigenvalue weighted by Gasteiger charge is 2.22. The van der Waals surface area contributed by atoms with Crippen molar-refractivity contribution in [1.29, 1.82) is 0 Å². The minimum absolute atomic E-state index is 0.0495. The molecular formula is C24H23ClN4O. The minimum Gasteiger partial charge on any atom is -0.321 e. The summed E-state index contributed by atoms with van der Waals surface area (Å²) in [5.74, 6) is 0.587. The second-order valence-corrected chi connectivity index (χ2v) is 8.31. The van der Waals surface area contributed by atoms with Crippen LogP contribution in [0.5, 0.6) is 0 Å². The molecule has 1 atom stereocenters. The Kier molecular flexibility index (Phi) is 5.87. The van der Waals surface area contributed by atoms with E-state index in [1.165, 1.54) is 12.8 Å². The van der Waals surface area contributed by atoms with Gasteiger partial charge in [0.2, 0.25) is 0 Å². The predicted molar refractivity (Wildman–Crippen MR) is 120 cm³/mol. The number of carbonyl (C=O) groups is 1. The van der Waals surface area contributed by atoms with Crippen LogP contribution >= 0.6 is 11.6 Å². The summed E-state index contributed by atoms with van der Waals surface area (Å²) in [6.07, 6.45) is 4.76. The molecule has 1 N–H and O–H groups in total. The summed E-state index contributed by atoms with van der Waals surface area (Å²) >= 11 is 6.59. The monoisotopic (exact) mass is 418 g/mol. The molecule has 30 heavy (non-hydrogen) atoms. The predicted octanol–water partition coefficient (Wildman–Crippen LogP) is 6.45. The molecule has 1 heterocycles. The Morgan fingerprint density at radius 3 is 2.83 bits per heavy atom. The van der Waals surface area contributed by atoms with Crippen molar-refractivity contribution in [2.75, 3.05) is 5.32 Å². The number of aromatic nitrogens is 2. The third-order valence-corrected chi connectivity index (χ3v) is 5.77. The van der Waals surface area contributed by atoms with Gasteiger partial charge in [0.15, 0.2) is 5.69 Å². The Labute approximate surface area is 181 Å². The summed E-state index contributed by atoms with van der Waals surface area (Å²) in [6, 6.07) is 16.5. The van der Waals surface area contributed by atoms with Gasteiger partial charge in [0.05, 0.1) is 23.3 Å². The van der Waals surface area contributed by atoms with E-state index in [1.807, 2.05) is 37.3 Å². The number of nitrogens with zero attached hydrogens (tertiary/aromatic N) is 3. The average molecular weight is 419 g/mol. The molecule has 1 unspecified atom stereocenters. The van der Waals surface area contributed by atoms with E-state index in [1.54, 1.807) is 28.9 Å². The number of amides is 1. The first kappa shape index (κ1) is 20.2. The Hall–Kier alpha value is -3.10. The van der Waals surface area contributed by atoms with Crippen molar-refractivity contribution in [3.05, 3.63) is 83.0 Å². The van der Waals surface area contributed by atoms with Gasteiger partial charge in [-0.05, 0) is 61.6 Å². The number of alkyl halides is 1. The summed E-state index contributed by atoms with van der Waals surface area (Å²) in [7, 11) is 0. The van der Waals surface area contributed by atoms with Crippen LogP contribution in [0, 0.1) is 19.4 Å². The Bertz CT molecular complexity index is 1110. The van der Waals surface area contributed by atoms with Gasteiger partial charge in [-0.3, -0.25) is 4.79 Å².